The Labute approximate surface area is 157 Å². The topological polar surface area (TPSA) is 93.4 Å². The van der Waals surface area contributed by atoms with E-state index in [1.165, 1.54) is 6.07 Å². The molecule has 138 valence electrons. The van der Waals surface area contributed by atoms with Gasteiger partial charge in [-0.3, -0.25) is 9.59 Å². The van der Waals surface area contributed by atoms with Crippen molar-refractivity contribution in [3.05, 3.63) is 28.2 Å². The van der Waals surface area contributed by atoms with Gasteiger partial charge in [-0.15, -0.1) is 0 Å². The quantitative estimate of drug-likeness (QED) is 0.698. The second kappa shape index (κ2) is 7.50. The van der Waals surface area contributed by atoms with Gasteiger partial charge in [-0.25, -0.2) is 0 Å². The SMILES string of the molecule is CCOC1CC(N)(C(=O)NCC(=O)Nc2cc(Cl)ccc2Cl)C1(C)C. The normalized spacial score (nSPS) is 24.3. The number of carbonyl (C=O) groups excluding carboxylic acids is 2. The first-order valence-electron chi connectivity index (χ1n) is 8.05. The molecule has 4 N–H and O–H groups in total. The number of benzene rings is 1. The van der Waals surface area contributed by atoms with Crippen LogP contribution in [0.2, 0.25) is 10.0 Å². The van der Waals surface area contributed by atoms with Crippen molar-refractivity contribution in [3.8, 4) is 0 Å². The summed E-state index contributed by atoms with van der Waals surface area (Å²) in [6, 6.07) is 4.74. The Kier molecular flexibility index (Phi) is 5.99. The summed E-state index contributed by atoms with van der Waals surface area (Å²) in [7, 11) is 0. The van der Waals surface area contributed by atoms with Crippen LogP contribution in [-0.4, -0.2) is 36.6 Å². The molecule has 0 saturated heterocycles. The summed E-state index contributed by atoms with van der Waals surface area (Å²) >= 11 is 11.9. The molecule has 0 spiro atoms. The highest BCUT2D eigenvalue weighted by atomic mass is 35.5. The van der Waals surface area contributed by atoms with Crippen molar-refractivity contribution >= 4 is 40.7 Å². The van der Waals surface area contributed by atoms with Crippen LogP contribution in [0.3, 0.4) is 0 Å². The lowest BCUT2D eigenvalue weighted by Crippen LogP contribution is -2.76. The third kappa shape index (κ3) is 3.92. The predicted molar refractivity (Wildman–Crippen MR) is 98.8 cm³/mol. The number of nitrogens with one attached hydrogen (secondary N) is 2. The Balaban J connectivity index is 1.92. The molecule has 0 aliphatic heterocycles. The van der Waals surface area contributed by atoms with E-state index in [-0.39, 0.29) is 18.6 Å². The van der Waals surface area contributed by atoms with Crippen LogP contribution in [0.5, 0.6) is 0 Å². The zero-order chi connectivity index (χ0) is 18.8. The summed E-state index contributed by atoms with van der Waals surface area (Å²) < 4.78 is 5.60. The average Bonchev–Trinajstić information content (AvgIpc) is 2.55. The number of hydrogen-bond donors (Lipinski definition) is 3. The van der Waals surface area contributed by atoms with Gasteiger partial charge in [-0.1, -0.05) is 37.0 Å². The summed E-state index contributed by atoms with van der Waals surface area (Å²) in [4.78, 5) is 24.5. The number of anilines is 1. The van der Waals surface area contributed by atoms with E-state index in [4.69, 9.17) is 33.7 Å². The number of hydrogen-bond acceptors (Lipinski definition) is 4. The molecular weight excluding hydrogens is 365 g/mol. The molecule has 0 aromatic heterocycles. The Bertz CT molecular complexity index is 681. The molecule has 2 amide bonds. The first kappa shape index (κ1) is 20.0. The van der Waals surface area contributed by atoms with Gasteiger partial charge in [0.25, 0.3) is 0 Å². The number of ether oxygens (including phenoxy) is 1. The maximum absolute atomic E-state index is 12.5. The number of carbonyl (C=O) groups is 2. The molecule has 8 heteroatoms. The molecule has 25 heavy (non-hydrogen) atoms. The molecule has 1 aromatic rings. The van der Waals surface area contributed by atoms with Crippen LogP contribution < -0.4 is 16.4 Å². The Morgan fingerprint density at radius 3 is 2.64 bits per heavy atom. The molecule has 2 rings (SSSR count). The van der Waals surface area contributed by atoms with Crippen molar-refractivity contribution in [3.63, 3.8) is 0 Å². The summed E-state index contributed by atoms with van der Waals surface area (Å²) in [5.74, 6) is -0.791. The van der Waals surface area contributed by atoms with Crippen LogP contribution in [0.4, 0.5) is 5.69 Å². The largest absolute Gasteiger partial charge is 0.378 e. The second-order valence-corrected chi connectivity index (χ2v) is 7.54. The minimum absolute atomic E-state index is 0.0765. The third-order valence-corrected chi connectivity index (χ3v) is 5.41. The monoisotopic (exact) mass is 387 g/mol. The molecule has 0 bridgehead atoms. The Morgan fingerprint density at radius 1 is 1.36 bits per heavy atom. The Morgan fingerprint density at radius 2 is 2.04 bits per heavy atom. The molecule has 1 saturated carbocycles. The lowest BCUT2D eigenvalue weighted by molar-refractivity contribution is -0.170. The number of amides is 2. The molecular formula is C17H23Cl2N3O3. The van der Waals surface area contributed by atoms with Crippen molar-refractivity contribution in [2.75, 3.05) is 18.5 Å². The van der Waals surface area contributed by atoms with Crippen LogP contribution in [0.1, 0.15) is 27.2 Å². The molecule has 2 atom stereocenters. The van der Waals surface area contributed by atoms with E-state index in [1.807, 2.05) is 20.8 Å². The lowest BCUT2D eigenvalue weighted by atomic mass is 9.54. The summed E-state index contributed by atoms with van der Waals surface area (Å²) in [6.07, 6.45) is 0.342. The van der Waals surface area contributed by atoms with Crippen molar-refractivity contribution in [2.45, 2.75) is 38.8 Å². The smallest absolute Gasteiger partial charge is 0.243 e. The molecule has 1 aliphatic rings. The maximum Gasteiger partial charge on any atom is 0.243 e. The molecule has 1 aromatic carbocycles. The zero-order valence-electron chi connectivity index (χ0n) is 14.5. The van der Waals surface area contributed by atoms with E-state index in [0.29, 0.717) is 28.8 Å². The van der Waals surface area contributed by atoms with Crippen molar-refractivity contribution < 1.29 is 14.3 Å². The minimum atomic E-state index is -1.07. The van der Waals surface area contributed by atoms with E-state index >= 15 is 0 Å². The third-order valence-electron chi connectivity index (χ3n) is 4.85. The van der Waals surface area contributed by atoms with Crippen LogP contribution in [0, 0.1) is 5.41 Å². The summed E-state index contributed by atoms with van der Waals surface area (Å²) in [6.45, 7) is 6.03. The fourth-order valence-electron chi connectivity index (χ4n) is 2.93. The molecule has 1 fully saturated rings. The standard InChI is InChI=1S/C17H23Cl2N3O3/c1-4-25-13-8-17(20,16(13,2)3)15(24)21-9-14(23)22-12-7-10(18)5-6-11(12)19/h5-7,13H,4,8-9,20H2,1-3H3,(H,21,24)(H,22,23). The number of rotatable bonds is 6. The predicted octanol–water partition coefficient (Wildman–Crippen LogP) is 2.58. The highest BCUT2D eigenvalue weighted by Gasteiger charge is 2.62. The molecule has 0 heterocycles. The fourth-order valence-corrected chi connectivity index (χ4v) is 3.26. The van der Waals surface area contributed by atoms with Crippen LogP contribution in [-0.2, 0) is 14.3 Å². The lowest BCUT2D eigenvalue weighted by Gasteiger charge is -2.57. The first-order chi connectivity index (χ1) is 11.6. The molecule has 0 radical (unpaired) electrons. The highest BCUT2D eigenvalue weighted by Crippen LogP contribution is 2.49. The van der Waals surface area contributed by atoms with Gasteiger partial charge in [-0.05, 0) is 25.1 Å². The van der Waals surface area contributed by atoms with Crippen molar-refractivity contribution in [1.29, 1.82) is 0 Å². The highest BCUT2D eigenvalue weighted by molar-refractivity contribution is 6.35. The zero-order valence-corrected chi connectivity index (χ0v) is 16.0. The molecule has 1 aliphatic carbocycles. The fraction of sp³-hybridized carbons (Fsp3) is 0.529. The first-order valence-corrected chi connectivity index (χ1v) is 8.81. The minimum Gasteiger partial charge on any atom is -0.378 e. The number of halogens is 2. The van der Waals surface area contributed by atoms with Gasteiger partial charge in [0, 0.05) is 23.5 Å². The van der Waals surface area contributed by atoms with Gasteiger partial charge in [0.05, 0.1) is 23.4 Å². The van der Waals surface area contributed by atoms with Gasteiger partial charge in [-0.2, -0.15) is 0 Å². The average molecular weight is 388 g/mol. The molecule has 6 nitrogen and oxygen atoms in total. The Hall–Kier alpha value is -1.34. The van der Waals surface area contributed by atoms with Crippen molar-refractivity contribution in [1.82, 2.24) is 5.32 Å². The van der Waals surface area contributed by atoms with Gasteiger partial charge in [0.2, 0.25) is 11.8 Å². The van der Waals surface area contributed by atoms with Crippen LogP contribution >= 0.6 is 23.2 Å². The van der Waals surface area contributed by atoms with Crippen molar-refractivity contribution in [2.24, 2.45) is 11.1 Å². The summed E-state index contributed by atoms with van der Waals surface area (Å²) in [5, 5.41) is 6.01. The van der Waals surface area contributed by atoms with Crippen LogP contribution in [0.15, 0.2) is 18.2 Å². The van der Waals surface area contributed by atoms with Gasteiger partial charge in [0.1, 0.15) is 5.54 Å². The molecule has 2 unspecified atom stereocenters. The van der Waals surface area contributed by atoms with Gasteiger partial charge < -0.3 is 21.1 Å². The van der Waals surface area contributed by atoms with E-state index in [9.17, 15) is 9.59 Å². The van der Waals surface area contributed by atoms with Gasteiger partial charge in [0.15, 0.2) is 0 Å². The van der Waals surface area contributed by atoms with Crippen LogP contribution in [0.25, 0.3) is 0 Å². The van der Waals surface area contributed by atoms with E-state index < -0.39 is 16.9 Å². The van der Waals surface area contributed by atoms with E-state index in [1.54, 1.807) is 12.1 Å². The van der Waals surface area contributed by atoms with E-state index in [2.05, 4.69) is 10.6 Å². The van der Waals surface area contributed by atoms with E-state index in [0.717, 1.165) is 0 Å². The second-order valence-electron chi connectivity index (χ2n) is 6.70. The number of nitrogens with two attached hydrogens (primary N) is 1. The summed E-state index contributed by atoms with van der Waals surface area (Å²) in [5.41, 5.74) is 5.07. The maximum atomic E-state index is 12.5. The van der Waals surface area contributed by atoms with Gasteiger partial charge >= 0.3 is 0 Å².